The van der Waals surface area contributed by atoms with Gasteiger partial charge in [-0.3, -0.25) is 0 Å². The Bertz CT molecular complexity index is 3130. The zero-order valence-corrected chi connectivity index (χ0v) is 30.2. The van der Waals surface area contributed by atoms with Gasteiger partial charge in [-0.1, -0.05) is 146 Å². The lowest BCUT2D eigenvalue weighted by Crippen LogP contribution is -2.10. The second-order valence-electron chi connectivity index (χ2n) is 14.0. The quantitative estimate of drug-likeness (QED) is 0.171. The lowest BCUT2D eigenvalue weighted by molar-refractivity contribution is 0.669. The van der Waals surface area contributed by atoms with E-state index in [1.165, 1.54) is 10.8 Å². The Labute approximate surface area is 322 Å². The van der Waals surface area contributed by atoms with Gasteiger partial charge in [-0.15, -0.1) is 0 Å². The normalized spacial score (nSPS) is 11.6. The number of fused-ring (bicyclic) bond motifs is 7. The molecule has 0 aliphatic rings. The lowest BCUT2D eigenvalue weighted by atomic mass is 9.98. The molecule has 11 aromatic rings. The van der Waals surface area contributed by atoms with Gasteiger partial charge < -0.3 is 9.32 Å². The van der Waals surface area contributed by atoms with Crippen molar-refractivity contribution in [3.63, 3.8) is 0 Å². The third-order valence-electron chi connectivity index (χ3n) is 10.6. The zero-order chi connectivity index (χ0) is 37.0. The van der Waals surface area contributed by atoms with E-state index in [2.05, 4.69) is 175 Å². The van der Waals surface area contributed by atoms with Gasteiger partial charge in [0.2, 0.25) is 0 Å². The van der Waals surface area contributed by atoms with Crippen molar-refractivity contribution in [1.29, 1.82) is 0 Å². The highest BCUT2D eigenvalue weighted by atomic mass is 16.3. The summed E-state index contributed by atoms with van der Waals surface area (Å²) in [5, 5.41) is 8.77. The van der Waals surface area contributed by atoms with Gasteiger partial charge in [0, 0.05) is 50.3 Å². The molecule has 5 heteroatoms. The second-order valence-corrected chi connectivity index (χ2v) is 14.0. The molecule has 0 amide bonds. The van der Waals surface area contributed by atoms with Gasteiger partial charge in [0.15, 0.2) is 17.5 Å². The van der Waals surface area contributed by atoms with E-state index >= 15 is 0 Å². The molecule has 2 heterocycles. The number of rotatable bonds is 6. The molecule has 2 aromatic heterocycles. The minimum absolute atomic E-state index is 0.586. The van der Waals surface area contributed by atoms with Crippen molar-refractivity contribution >= 4 is 71.3 Å². The molecule has 0 saturated carbocycles. The number of hydrogen-bond acceptors (Lipinski definition) is 5. The van der Waals surface area contributed by atoms with Crippen molar-refractivity contribution in [3.05, 3.63) is 194 Å². The molecule has 0 radical (unpaired) electrons. The fraction of sp³-hybridized carbons (Fsp3) is 0. The zero-order valence-electron chi connectivity index (χ0n) is 30.2. The van der Waals surface area contributed by atoms with Gasteiger partial charge in [0.1, 0.15) is 11.2 Å². The third-order valence-corrected chi connectivity index (χ3v) is 10.6. The van der Waals surface area contributed by atoms with Crippen LogP contribution in [0.4, 0.5) is 17.1 Å². The van der Waals surface area contributed by atoms with Crippen molar-refractivity contribution in [1.82, 2.24) is 15.0 Å². The van der Waals surface area contributed by atoms with E-state index in [-0.39, 0.29) is 0 Å². The van der Waals surface area contributed by atoms with E-state index in [1.807, 2.05) is 24.3 Å². The average Bonchev–Trinajstić information content (AvgIpc) is 3.66. The van der Waals surface area contributed by atoms with Crippen molar-refractivity contribution in [2.24, 2.45) is 0 Å². The highest BCUT2D eigenvalue weighted by Gasteiger charge is 2.23. The number of aromatic nitrogens is 3. The van der Waals surface area contributed by atoms with Crippen LogP contribution >= 0.6 is 0 Å². The van der Waals surface area contributed by atoms with E-state index in [9.17, 15) is 0 Å². The highest BCUT2D eigenvalue weighted by Crippen LogP contribution is 2.46. The number of benzene rings is 9. The first-order valence-electron chi connectivity index (χ1n) is 18.8. The Kier molecular flexibility index (Phi) is 7.42. The molecular formula is C51H32N4O. The highest BCUT2D eigenvalue weighted by molar-refractivity contribution is 6.25. The van der Waals surface area contributed by atoms with Crippen LogP contribution in [0.15, 0.2) is 199 Å². The summed E-state index contributed by atoms with van der Waals surface area (Å²) in [5.74, 6) is 1.81. The Morgan fingerprint density at radius 3 is 1.48 bits per heavy atom. The number of para-hydroxylation sites is 2. The van der Waals surface area contributed by atoms with Crippen LogP contribution in [0.1, 0.15) is 0 Å². The van der Waals surface area contributed by atoms with Crippen molar-refractivity contribution in [3.8, 4) is 34.2 Å². The summed E-state index contributed by atoms with van der Waals surface area (Å²) in [4.78, 5) is 17.9. The molecule has 9 aromatic carbocycles. The summed E-state index contributed by atoms with van der Waals surface area (Å²) in [5.41, 5.74) is 7.45. The molecule has 0 N–H and O–H groups in total. The van der Waals surface area contributed by atoms with Crippen LogP contribution in [-0.4, -0.2) is 15.0 Å². The molecule has 56 heavy (non-hydrogen) atoms. The first-order chi connectivity index (χ1) is 27.7. The smallest absolute Gasteiger partial charge is 0.164 e. The standard InChI is InChI=1S/C51H32N4O/c1-3-18-39(19-4-1)55(40-20-5-2-6-21-40)44-32-46-47(42-23-12-11-22-41(42)44)48-43(24-13-25-45(48)56-46)51-53-49(37-28-26-33-14-7-9-16-35(33)30-37)52-50(54-51)38-29-27-34-15-8-10-17-36(34)31-38/h1-32H. The maximum atomic E-state index is 6.81. The molecular weight excluding hydrogens is 685 g/mol. The monoisotopic (exact) mass is 716 g/mol. The SMILES string of the molecule is c1ccc(N(c2ccccc2)c2cc3oc4cccc(-c5nc(-c6ccc7ccccc7c6)nc(-c6ccc7ccccc7c6)n5)c4c3c3ccccc23)cc1. The van der Waals surface area contributed by atoms with Crippen LogP contribution < -0.4 is 4.90 Å². The van der Waals surface area contributed by atoms with Gasteiger partial charge in [-0.2, -0.15) is 0 Å². The fourth-order valence-electron chi connectivity index (χ4n) is 8.03. The van der Waals surface area contributed by atoms with Gasteiger partial charge >= 0.3 is 0 Å². The van der Waals surface area contributed by atoms with Crippen molar-refractivity contribution in [2.45, 2.75) is 0 Å². The Hall–Kier alpha value is -7.63. The third kappa shape index (κ3) is 5.37. The molecule has 11 rings (SSSR count). The summed E-state index contributed by atoms with van der Waals surface area (Å²) in [6.45, 7) is 0. The summed E-state index contributed by atoms with van der Waals surface area (Å²) in [6.07, 6.45) is 0. The molecule has 0 aliphatic heterocycles. The minimum Gasteiger partial charge on any atom is -0.456 e. The predicted molar refractivity (Wildman–Crippen MR) is 231 cm³/mol. The van der Waals surface area contributed by atoms with Crippen LogP contribution in [-0.2, 0) is 0 Å². The molecule has 0 atom stereocenters. The van der Waals surface area contributed by atoms with Gasteiger partial charge in [-0.05, 0) is 69.4 Å². The molecule has 0 unspecified atom stereocenters. The topological polar surface area (TPSA) is 55.1 Å². The maximum absolute atomic E-state index is 6.81. The largest absolute Gasteiger partial charge is 0.456 e. The predicted octanol–water partition coefficient (Wildman–Crippen LogP) is 13.7. The van der Waals surface area contributed by atoms with E-state index in [0.29, 0.717) is 17.5 Å². The van der Waals surface area contributed by atoms with E-state index in [4.69, 9.17) is 19.4 Å². The molecule has 0 aliphatic carbocycles. The van der Waals surface area contributed by atoms with Crippen LogP contribution in [0.3, 0.4) is 0 Å². The molecule has 0 saturated heterocycles. The summed E-state index contributed by atoms with van der Waals surface area (Å²) >= 11 is 0. The summed E-state index contributed by atoms with van der Waals surface area (Å²) in [7, 11) is 0. The average molecular weight is 717 g/mol. The number of furan rings is 1. The van der Waals surface area contributed by atoms with Crippen LogP contribution in [0.2, 0.25) is 0 Å². The number of nitrogens with zero attached hydrogens (tertiary/aromatic N) is 4. The molecule has 0 bridgehead atoms. The van der Waals surface area contributed by atoms with Crippen LogP contribution in [0.5, 0.6) is 0 Å². The molecule has 0 fully saturated rings. The minimum atomic E-state index is 0.586. The number of hydrogen-bond donors (Lipinski definition) is 0. The van der Waals surface area contributed by atoms with E-state index in [0.717, 1.165) is 77.2 Å². The van der Waals surface area contributed by atoms with Gasteiger partial charge in [0.25, 0.3) is 0 Å². The number of anilines is 3. The van der Waals surface area contributed by atoms with E-state index in [1.54, 1.807) is 0 Å². The Morgan fingerprint density at radius 1 is 0.357 bits per heavy atom. The van der Waals surface area contributed by atoms with Gasteiger partial charge in [0.05, 0.1) is 5.69 Å². The summed E-state index contributed by atoms with van der Waals surface area (Å²) in [6, 6.07) is 67.4. The Morgan fingerprint density at radius 2 is 0.875 bits per heavy atom. The van der Waals surface area contributed by atoms with Crippen molar-refractivity contribution in [2.75, 3.05) is 4.90 Å². The van der Waals surface area contributed by atoms with Crippen LogP contribution in [0.25, 0.3) is 88.4 Å². The van der Waals surface area contributed by atoms with Crippen molar-refractivity contribution < 1.29 is 4.42 Å². The second kappa shape index (κ2) is 13.0. The summed E-state index contributed by atoms with van der Waals surface area (Å²) < 4.78 is 6.81. The molecule has 5 nitrogen and oxygen atoms in total. The first kappa shape index (κ1) is 31.9. The lowest BCUT2D eigenvalue weighted by Gasteiger charge is -2.27. The molecule has 0 spiro atoms. The molecule has 262 valence electrons. The Balaban J connectivity index is 1.17. The fourth-order valence-corrected chi connectivity index (χ4v) is 8.03. The maximum Gasteiger partial charge on any atom is 0.164 e. The van der Waals surface area contributed by atoms with Gasteiger partial charge in [-0.25, -0.2) is 15.0 Å². The van der Waals surface area contributed by atoms with Crippen LogP contribution in [0, 0.1) is 0 Å². The first-order valence-corrected chi connectivity index (χ1v) is 18.8. The van der Waals surface area contributed by atoms with E-state index < -0.39 is 0 Å².